The van der Waals surface area contributed by atoms with Crippen molar-refractivity contribution in [2.24, 2.45) is 4.99 Å². The number of aliphatic imine (C=N–C) groups is 1. The molecule has 186 valence electrons. The van der Waals surface area contributed by atoms with Crippen LogP contribution in [0.15, 0.2) is 46.0 Å². The predicted octanol–water partition coefficient (Wildman–Crippen LogP) is 3.53. The van der Waals surface area contributed by atoms with E-state index in [0.717, 1.165) is 0 Å². The zero-order valence-electron chi connectivity index (χ0n) is 18.9. The van der Waals surface area contributed by atoms with Gasteiger partial charge < -0.3 is 19.9 Å². The van der Waals surface area contributed by atoms with Crippen molar-refractivity contribution in [1.29, 1.82) is 0 Å². The van der Waals surface area contributed by atoms with E-state index < -0.39 is 24.1 Å². The number of carbonyl (C=O) groups is 2. The summed E-state index contributed by atoms with van der Waals surface area (Å²) in [5.41, 5.74) is 1.53. The normalized spacial score (nSPS) is 20.8. The fourth-order valence-electron chi connectivity index (χ4n) is 4.03. The first-order valence-electron chi connectivity index (χ1n) is 11.0. The van der Waals surface area contributed by atoms with Gasteiger partial charge in [0.1, 0.15) is 6.04 Å². The first-order valence-corrected chi connectivity index (χ1v) is 12.6. The van der Waals surface area contributed by atoms with Crippen LogP contribution in [0.3, 0.4) is 0 Å². The van der Waals surface area contributed by atoms with Crippen LogP contribution in [0, 0.1) is 0 Å². The lowest BCUT2D eigenvalue weighted by Gasteiger charge is -2.35. The van der Waals surface area contributed by atoms with Crippen LogP contribution in [-0.2, 0) is 19.1 Å². The first kappa shape index (κ1) is 25.6. The molecule has 9 nitrogen and oxygen atoms in total. The molecule has 2 N–H and O–H groups in total. The molecule has 0 radical (unpaired) electrons. The van der Waals surface area contributed by atoms with E-state index in [0.29, 0.717) is 64.0 Å². The topological polar surface area (TPSA) is 113 Å². The van der Waals surface area contributed by atoms with E-state index in [9.17, 15) is 9.59 Å². The zero-order valence-corrected chi connectivity index (χ0v) is 21.2. The Labute approximate surface area is 216 Å². The second-order valence-electron chi connectivity index (χ2n) is 7.95. The third-order valence-electron chi connectivity index (χ3n) is 5.52. The Hall–Kier alpha value is -2.50. The summed E-state index contributed by atoms with van der Waals surface area (Å²) in [5.74, 6) is -0.924. The number of carboxylic acid groups (broad SMARTS) is 1. The number of ether oxygens (including phenoxy) is 2. The van der Waals surface area contributed by atoms with E-state index in [-0.39, 0.29) is 13.0 Å². The van der Waals surface area contributed by atoms with Gasteiger partial charge in [-0.25, -0.2) is 9.78 Å². The van der Waals surface area contributed by atoms with Crippen molar-refractivity contribution < 1.29 is 24.2 Å². The molecule has 0 saturated carbocycles. The number of rotatable bonds is 8. The summed E-state index contributed by atoms with van der Waals surface area (Å²) in [6.45, 7) is 3.64. The molecular formula is C23H24Cl2N4O5S. The van der Waals surface area contributed by atoms with Crippen molar-refractivity contribution in [3.8, 4) is 0 Å². The number of hydrogen-bond donors (Lipinski definition) is 2. The Morgan fingerprint density at radius 2 is 2.20 bits per heavy atom. The molecule has 35 heavy (non-hydrogen) atoms. The van der Waals surface area contributed by atoms with Crippen molar-refractivity contribution in [3.63, 3.8) is 0 Å². The van der Waals surface area contributed by atoms with Crippen LogP contribution in [0.25, 0.3) is 0 Å². The second kappa shape index (κ2) is 11.5. The highest BCUT2D eigenvalue weighted by Crippen LogP contribution is 2.37. The number of thiazole rings is 1. The van der Waals surface area contributed by atoms with E-state index in [1.54, 1.807) is 31.3 Å². The molecule has 12 heteroatoms. The van der Waals surface area contributed by atoms with E-state index in [1.807, 2.05) is 10.3 Å². The van der Waals surface area contributed by atoms with E-state index in [1.165, 1.54) is 11.3 Å². The Morgan fingerprint density at radius 3 is 2.89 bits per heavy atom. The summed E-state index contributed by atoms with van der Waals surface area (Å²) in [7, 11) is 0. The highest BCUT2D eigenvalue weighted by Gasteiger charge is 2.35. The minimum Gasteiger partial charge on any atom is -0.481 e. The van der Waals surface area contributed by atoms with E-state index in [4.69, 9.17) is 42.8 Å². The number of carbonyl (C=O) groups excluding carboxylic acids is 1. The summed E-state index contributed by atoms with van der Waals surface area (Å²) in [5, 5.41) is 15.8. The smallest absolute Gasteiger partial charge is 0.338 e. The van der Waals surface area contributed by atoms with Gasteiger partial charge in [-0.1, -0.05) is 29.3 Å². The van der Waals surface area contributed by atoms with Crippen molar-refractivity contribution in [2.45, 2.75) is 25.5 Å². The van der Waals surface area contributed by atoms with Crippen LogP contribution in [0.2, 0.25) is 10.0 Å². The highest BCUT2D eigenvalue weighted by molar-refractivity contribution is 7.11. The summed E-state index contributed by atoms with van der Waals surface area (Å²) < 4.78 is 11.0. The van der Waals surface area contributed by atoms with Gasteiger partial charge in [-0.05, 0) is 19.1 Å². The summed E-state index contributed by atoms with van der Waals surface area (Å²) in [4.78, 5) is 35.6. The lowest BCUT2D eigenvalue weighted by molar-refractivity contribution is -0.142. The molecule has 2 aliphatic rings. The number of morpholine rings is 1. The number of nitrogens with one attached hydrogen (secondary N) is 1. The van der Waals surface area contributed by atoms with Crippen LogP contribution in [-0.4, -0.2) is 71.7 Å². The van der Waals surface area contributed by atoms with Crippen molar-refractivity contribution in [2.75, 3.05) is 32.8 Å². The SMILES string of the molecule is CCOC(=O)C1=C(CN2CCOC(CC(=O)O)C2)NC(c2nccs2)=NC1c1ccc(Cl)cc1Cl. The molecule has 3 heterocycles. The third-order valence-corrected chi connectivity index (χ3v) is 6.86. The molecule has 2 aromatic rings. The van der Waals surface area contributed by atoms with Gasteiger partial charge >= 0.3 is 11.9 Å². The lowest BCUT2D eigenvalue weighted by atomic mass is 9.95. The number of nitrogens with zero attached hydrogens (tertiary/aromatic N) is 3. The number of carboxylic acids is 1. The fraction of sp³-hybridized carbons (Fsp3) is 0.391. The van der Waals surface area contributed by atoms with Gasteiger partial charge in [-0.15, -0.1) is 11.3 Å². The Balaban J connectivity index is 1.75. The molecule has 1 aromatic carbocycles. The molecule has 1 fully saturated rings. The number of amidine groups is 1. The first-order chi connectivity index (χ1) is 16.9. The second-order valence-corrected chi connectivity index (χ2v) is 9.69. The summed E-state index contributed by atoms with van der Waals surface area (Å²) in [6, 6.07) is 4.31. The van der Waals surface area contributed by atoms with Crippen LogP contribution in [0.1, 0.15) is 30.0 Å². The quantitative estimate of drug-likeness (QED) is 0.490. The van der Waals surface area contributed by atoms with Gasteiger partial charge in [-0.2, -0.15) is 0 Å². The molecule has 2 aliphatic heterocycles. The number of benzene rings is 1. The average Bonchev–Trinajstić information content (AvgIpc) is 3.34. The molecule has 0 spiro atoms. The molecule has 0 bridgehead atoms. The molecule has 2 atom stereocenters. The highest BCUT2D eigenvalue weighted by atomic mass is 35.5. The van der Waals surface area contributed by atoms with Gasteiger partial charge in [0.15, 0.2) is 10.8 Å². The number of hydrogen-bond acceptors (Lipinski definition) is 9. The molecule has 0 aliphatic carbocycles. The van der Waals surface area contributed by atoms with Gasteiger partial charge in [0.2, 0.25) is 0 Å². The molecular weight excluding hydrogens is 515 g/mol. The standard InChI is InChI=1S/C23H24Cl2N4O5S/c1-2-33-23(32)19-17(12-29-6-7-34-14(11-29)10-18(30)31)27-21(22-26-5-8-35-22)28-20(19)15-4-3-13(24)9-16(15)25/h3-5,8-9,14,20H,2,6-7,10-12H2,1H3,(H,27,28)(H,30,31). The van der Waals surface area contributed by atoms with Crippen LogP contribution in [0.4, 0.5) is 0 Å². The van der Waals surface area contributed by atoms with Crippen LogP contribution >= 0.6 is 34.5 Å². The van der Waals surface area contributed by atoms with Crippen molar-refractivity contribution in [1.82, 2.24) is 15.2 Å². The largest absolute Gasteiger partial charge is 0.481 e. The maximum atomic E-state index is 13.2. The van der Waals surface area contributed by atoms with E-state index in [2.05, 4.69) is 10.3 Å². The molecule has 0 amide bonds. The Morgan fingerprint density at radius 1 is 1.37 bits per heavy atom. The number of halogens is 2. The fourth-order valence-corrected chi connectivity index (χ4v) is 5.13. The molecule has 4 rings (SSSR count). The lowest BCUT2D eigenvalue weighted by Crippen LogP contribution is -2.47. The Kier molecular flexibility index (Phi) is 8.40. The van der Waals surface area contributed by atoms with Gasteiger partial charge in [-0.3, -0.25) is 14.7 Å². The minimum atomic E-state index is -0.922. The maximum Gasteiger partial charge on any atom is 0.338 e. The number of aliphatic carboxylic acids is 1. The van der Waals surface area contributed by atoms with E-state index >= 15 is 0 Å². The minimum absolute atomic E-state index is 0.0947. The molecule has 1 aromatic heterocycles. The third kappa shape index (κ3) is 6.20. The average molecular weight is 539 g/mol. The molecule has 2 unspecified atom stereocenters. The number of aromatic nitrogens is 1. The van der Waals surface area contributed by atoms with Gasteiger partial charge in [0, 0.05) is 52.5 Å². The molecule has 1 saturated heterocycles. The van der Waals surface area contributed by atoms with Crippen molar-refractivity contribution in [3.05, 3.63) is 61.7 Å². The van der Waals surface area contributed by atoms with Crippen LogP contribution < -0.4 is 5.32 Å². The van der Waals surface area contributed by atoms with Crippen LogP contribution in [0.5, 0.6) is 0 Å². The van der Waals surface area contributed by atoms with Gasteiger partial charge in [0.05, 0.1) is 31.3 Å². The zero-order chi connectivity index (χ0) is 24.9. The summed E-state index contributed by atoms with van der Waals surface area (Å²) >= 11 is 14.1. The predicted molar refractivity (Wildman–Crippen MR) is 133 cm³/mol. The monoisotopic (exact) mass is 538 g/mol. The van der Waals surface area contributed by atoms with Gasteiger partial charge in [0.25, 0.3) is 0 Å². The number of esters is 1. The maximum absolute atomic E-state index is 13.2. The summed E-state index contributed by atoms with van der Waals surface area (Å²) in [6.07, 6.45) is 1.14. The van der Waals surface area contributed by atoms with Crippen molar-refractivity contribution >= 4 is 52.3 Å². The Bertz CT molecular complexity index is 1150.